The SMILES string of the molecule is CC(C)N1CCN(c2ccc(N)c(-c3ccccc3)c2)CC1. The van der Waals surface area contributed by atoms with E-state index in [0.29, 0.717) is 6.04 Å². The van der Waals surface area contributed by atoms with Crippen LogP contribution in [0.15, 0.2) is 48.5 Å². The van der Waals surface area contributed by atoms with Crippen molar-refractivity contribution in [2.75, 3.05) is 36.8 Å². The van der Waals surface area contributed by atoms with Crippen LogP contribution in [0, 0.1) is 0 Å². The van der Waals surface area contributed by atoms with Crippen LogP contribution in [0.3, 0.4) is 0 Å². The number of nitrogens with zero attached hydrogens (tertiary/aromatic N) is 2. The molecule has 0 bridgehead atoms. The van der Waals surface area contributed by atoms with Gasteiger partial charge in [-0.3, -0.25) is 4.90 Å². The Morgan fingerprint density at radius 1 is 0.909 bits per heavy atom. The van der Waals surface area contributed by atoms with Crippen LogP contribution in [0.25, 0.3) is 11.1 Å². The molecule has 3 heteroatoms. The second-order valence-corrected chi connectivity index (χ2v) is 6.25. The largest absolute Gasteiger partial charge is 0.398 e. The van der Waals surface area contributed by atoms with Gasteiger partial charge in [-0.15, -0.1) is 0 Å². The van der Waals surface area contributed by atoms with Crippen LogP contribution >= 0.6 is 0 Å². The first-order valence-electron chi connectivity index (χ1n) is 8.09. The highest BCUT2D eigenvalue weighted by Gasteiger charge is 2.19. The fraction of sp³-hybridized carbons (Fsp3) is 0.368. The second-order valence-electron chi connectivity index (χ2n) is 6.25. The molecule has 1 aliphatic rings. The molecule has 0 atom stereocenters. The molecule has 22 heavy (non-hydrogen) atoms. The molecule has 0 aromatic heterocycles. The Morgan fingerprint density at radius 2 is 1.59 bits per heavy atom. The van der Waals surface area contributed by atoms with Crippen LogP contribution in [-0.2, 0) is 0 Å². The molecule has 0 aliphatic carbocycles. The zero-order valence-corrected chi connectivity index (χ0v) is 13.5. The van der Waals surface area contributed by atoms with E-state index in [9.17, 15) is 0 Å². The summed E-state index contributed by atoms with van der Waals surface area (Å²) >= 11 is 0. The zero-order chi connectivity index (χ0) is 15.5. The molecule has 116 valence electrons. The molecule has 1 aliphatic heterocycles. The van der Waals surface area contributed by atoms with Crippen molar-refractivity contribution >= 4 is 11.4 Å². The van der Waals surface area contributed by atoms with Crippen molar-refractivity contribution in [1.29, 1.82) is 0 Å². The average Bonchev–Trinajstić information content (AvgIpc) is 2.56. The van der Waals surface area contributed by atoms with E-state index >= 15 is 0 Å². The molecule has 0 unspecified atom stereocenters. The predicted octanol–water partition coefficient (Wildman–Crippen LogP) is 3.47. The van der Waals surface area contributed by atoms with Crippen LogP contribution in [0.4, 0.5) is 11.4 Å². The van der Waals surface area contributed by atoms with Crippen molar-refractivity contribution in [3.8, 4) is 11.1 Å². The molecule has 1 saturated heterocycles. The Bertz CT molecular complexity index is 614. The van der Waals surface area contributed by atoms with Gasteiger partial charge in [0.05, 0.1) is 0 Å². The van der Waals surface area contributed by atoms with E-state index in [1.54, 1.807) is 0 Å². The molecule has 3 rings (SSSR count). The summed E-state index contributed by atoms with van der Waals surface area (Å²) in [7, 11) is 0. The first kappa shape index (κ1) is 14.9. The van der Waals surface area contributed by atoms with Crippen molar-refractivity contribution in [2.24, 2.45) is 0 Å². The van der Waals surface area contributed by atoms with E-state index in [-0.39, 0.29) is 0 Å². The van der Waals surface area contributed by atoms with Gasteiger partial charge in [-0.2, -0.15) is 0 Å². The smallest absolute Gasteiger partial charge is 0.0395 e. The van der Waals surface area contributed by atoms with Crippen LogP contribution in [0.5, 0.6) is 0 Å². The van der Waals surface area contributed by atoms with Crippen LogP contribution in [0.2, 0.25) is 0 Å². The maximum atomic E-state index is 6.19. The number of hydrogen-bond donors (Lipinski definition) is 1. The lowest BCUT2D eigenvalue weighted by molar-refractivity contribution is 0.209. The van der Waals surface area contributed by atoms with Gasteiger partial charge in [-0.05, 0) is 37.6 Å². The number of benzene rings is 2. The fourth-order valence-corrected chi connectivity index (χ4v) is 3.11. The molecular weight excluding hydrogens is 270 g/mol. The highest BCUT2D eigenvalue weighted by molar-refractivity contribution is 5.79. The highest BCUT2D eigenvalue weighted by Crippen LogP contribution is 2.30. The summed E-state index contributed by atoms with van der Waals surface area (Å²) in [6, 6.07) is 17.4. The molecule has 1 fully saturated rings. The van der Waals surface area contributed by atoms with Crippen molar-refractivity contribution in [2.45, 2.75) is 19.9 Å². The molecule has 2 aromatic rings. The summed E-state index contributed by atoms with van der Waals surface area (Å²) in [4.78, 5) is 5.00. The van der Waals surface area contributed by atoms with Gasteiger partial charge in [0.1, 0.15) is 0 Å². The number of rotatable bonds is 3. The van der Waals surface area contributed by atoms with Crippen molar-refractivity contribution < 1.29 is 0 Å². The van der Waals surface area contributed by atoms with E-state index in [1.165, 1.54) is 11.3 Å². The van der Waals surface area contributed by atoms with Gasteiger partial charge >= 0.3 is 0 Å². The summed E-state index contributed by atoms with van der Waals surface area (Å²) < 4.78 is 0. The Hall–Kier alpha value is -2.00. The lowest BCUT2D eigenvalue weighted by atomic mass is 10.0. The normalized spacial score (nSPS) is 16.2. The predicted molar refractivity (Wildman–Crippen MR) is 95.2 cm³/mol. The fourth-order valence-electron chi connectivity index (χ4n) is 3.11. The Balaban J connectivity index is 1.82. The third-order valence-corrected chi connectivity index (χ3v) is 4.53. The first-order chi connectivity index (χ1) is 10.6. The van der Waals surface area contributed by atoms with Crippen LogP contribution < -0.4 is 10.6 Å². The lowest BCUT2D eigenvalue weighted by Gasteiger charge is -2.38. The van der Waals surface area contributed by atoms with E-state index in [0.717, 1.165) is 37.4 Å². The topological polar surface area (TPSA) is 32.5 Å². The highest BCUT2D eigenvalue weighted by atomic mass is 15.3. The number of hydrogen-bond acceptors (Lipinski definition) is 3. The number of nitrogens with two attached hydrogens (primary N) is 1. The number of piperazine rings is 1. The van der Waals surface area contributed by atoms with Gasteiger partial charge in [0, 0.05) is 49.2 Å². The van der Waals surface area contributed by atoms with Gasteiger partial charge in [0.2, 0.25) is 0 Å². The van der Waals surface area contributed by atoms with E-state index < -0.39 is 0 Å². The van der Waals surface area contributed by atoms with Crippen LogP contribution in [-0.4, -0.2) is 37.1 Å². The van der Waals surface area contributed by atoms with Gasteiger partial charge in [0.25, 0.3) is 0 Å². The molecule has 3 nitrogen and oxygen atoms in total. The quantitative estimate of drug-likeness (QED) is 0.880. The maximum Gasteiger partial charge on any atom is 0.0395 e. The summed E-state index contributed by atoms with van der Waals surface area (Å²) in [5.41, 5.74) is 10.6. The molecular formula is C19H25N3. The van der Waals surface area contributed by atoms with E-state index in [2.05, 4.69) is 60.0 Å². The second kappa shape index (κ2) is 6.41. The summed E-state index contributed by atoms with van der Waals surface area (Å²) in [6.45, 7) is 8.96. The third-order valence-electron chi connectivity index (χ3n) is 4.53. The Morgan fingerprint density at radius 3 is 2.23 bits per heavy atom. The molecule has 0 amide bonds. The van der Waals surface area contributed by atoms with Gasteiger partial charge in [-0.25, -0.2) is 0 Å². The molecule has 1 heterocycles. The van der Waals surface area contributed by atoms with Crippen molar-refractivity contribution in [1.82, 2.24) is 4.90 Å². The lowest BCUT2D eigenvalue weighted by Crippen LogP contribution is -2.48. The molecule has 0 saturated carbocycles. The van der Waals surface area contributed by atoms with Gasteiger partial charge < -0.3 is 10.6 Å². The monoisotopic (exact) mass is 295 g/mol. The van der Waals surface area contributed by atoms with Crippen molar-refractivity contribution in [3.05, 3.63) is 48.5 Å². The van der Waals surface area contributed by atoms with E-state index in [4.69, 9.17) is 5.73 Å². The summed E-state index contributed by atoms with van der Waals surface area (Å²) in [5, 5.41) is 0. The van der Waals surface area contributed by atoms with Crippen LogP contribution in [0.1, 0.15) is 13.8 Å². The van der Waals surface area contributed by atoms with Crippen molar-refractivity contribution in [3.63, 3.8) is 0 Å². The summed E-state index contributed by atoms with van der Waals surface area (Å²) in [5.74, 6) is 0. The minimum Gasteiger partial charge on any atom is -0.398 e. The molecule has 2 N–H and O–H groups in total. The van der Waals surface area contributed by atoms with Gasteiger partial charge in [0.15, 0.2) is 0 Å². The Kier molecular flexibility index (Phi) is 4.34. The number of nitrogen functional groups attached to an aromatic ring is 1. The minimum atomic E-state index is 0.633. The zero-order valence-electron chi connectivity index (χ0n) is 13.5. The molecule has 2 aromatic carbocycles. The third kappa shape index (κ3) is 3.09. The van der Waals surface area contributed by atoms with Gasteiger partial charge in [-0.1, -0.05) is 30.3 Å². The first-order valence-corrected chi connectivity index (χ1v) is 8.09. The number of anilines is 2. The summed E-state index contributed by atoms with van der Waals surface area (Å²) in [6.07, 6.45) is 0. The minimum absolute atomic E-state index is 0.633. The maximum absolute atomic E-state index is 6.19. The standard InChI is InChI=1S/C19H25N3/c1-15(2)21-10-12-22(13-11-21)17-8-9-19(20)18(14-17)16-6-4-3-5-7-16/h3-9,14-15H,10-13,20H2,1-2H3. The Labute approximate surface area is 133 Å². The molecule has 0 spiro atoms. The van der Waals surface area contributed by atoms with E-state index in [1.807, 2.05) is 12.1 Å². The molecule has 0 radical (unpaired) electrons. The average molecular weight is 295 g/mol.